The maximum absolute atomic E-state index is 11.6. The van der Waals surface area contributed by atoms with E-state index >= 15 is 0 Å². The average molecular weight is 266 g/mol. The van der Waals surface area contributed by atoms with Crippen LogP contribution in [0, 0.1) is 0 Å². The molecule has 1 saturated heterocycles. The number of hydrogen-bond donors (Lipinski definition) is 0. The van der Waals surface area contributed by atoms with Crippen LogP contribution in [0.25, 0.3) is 0 Å². The van der Waals surface area contributed by atoms with Gasteiger partial charge in [0.05, 0.1) is 6.10 Å². The normalized spacial score (nSPS) is 38.5. The standard InChI is InChI=1S/C15H22O4/c1-11-7-5-4-6-8-12-13(9-10-14(16)17-11)19-15(2,3)18-12/h6,8-13H,4-5,7H2,1-3H3/b8-6+,10-9+/t11-,12+,13-/m0/s1. The van der Waals surface area contributed by atoms with Gasteiger partial charge in [-0.05, 0) is 46.1 Å². The Morgan fingerprint density at radius 1 is 1.21 bits per heavy atom. The molecule has 2 rings (SSSR count). The van der Waals surface area contributed by atoms with Crippen LogP contribution >= 0.6 is 0 Å². The summed E-state index contributed by atoms with van der Waals surface area (Å²) in [5.74, 6) is -0.939. The summed E-state index contributed by atoms with van der Waals surface area (Å²) < 4.78 is 16.8. The summed E-state index contributed by atoms with van der Waals surface area (Å²) in [7, 11) is 0. The first kappa shape index (κ1) is 14.3. The van der Waals surface area contributed by atoms with Crippen molar-refractivity contribution in [1.82, 2.24) is 0 Å². The van der Waals surface area contributed by atoms with Gasteiger partial charge in [0, 0.05) is 6.08 Å². The second-order valence-electron chi connectivity index (χ2n) is 5.53. The molecule has 0 aromatic rings. The van der Waals surface area contributed by atoms with Gasteiger partial charge in [0.1, 0.15) is 12.2 Å². The van der Waals surface area contributed by atoms with E-state index in [-0.39, 0.29) is 24.3 Å². The topological polar surface area (TPSA) is 44.8 Å². The van der Waals surface area contributed by atoms with Crippen molar-refractivity contribution in [3.63, 3.8) is 0 Å². The number of ether oxygens (including phenoxy) is 3. The number of carbonyl (C=O) groups is 1. The molecule has 0 radical (unpaired) electrons. The Balaban J connectivity index is 2.12. The second-order valence-corrected chi connectivity index (χ2v) is 5.53. The molecule has 0 bridgehead atoms. The number of fused-ring (bicyclic) bond motifs is 1. The molecular weight excluding hydrogens is 244 g/mol. The van der Waals surface area contributed by atoms with E-state index in [1.165, 1.54) is 6.08 Å². The number of esters is 1. The predicted octanol–water partition coefficient (Wildman–Crippen LogP) is 2.73. The van der Waals surface area contributed by atoms with Crippen molar-refractivity contribution < 1.29 is 19.0 Å². The van der Waals surface area contributed by atoms with E-state index in [0.717, 1.165) is 19.3 Å². The smallest absolute Gasteiger partial charge is 0.330 e. The van der Waals surface area contributed by atoms with Crippen LogP contribution in [0.4, 0.5) is 0 Å². The van der Waals surface area contributed by atoms with Crippen LogP contribution in [0.1, 0.15) is 40.0 Å². The molecule has 0 amide bonds. The highest BCUT2D eigenvalue weighted by atomic mass is 16.7. The van der Waals surface area contributed by atoms with Crippen molar-refractivity contribution in [3.05, 3.63) is 24.3 Å². The average Bonchev–Trinajstić information content (AvgIpc) is 2.59. The van der Waals surface area contributed by atoms with Gasteiger partial charge in [0.15, 0.2) is 5.79 Å². The van der Waals surface area contributed by atoms with E-state index in [4.69, 9.17) is 14.2 Å². The summed E-state index contributed by atoms with van der Waals surface area (Å²) in [6.45, 7) is 5.67. The quantitative estimate of drug-likeness (QED) is 0.499. The highest BCUT2D eigenvalue weighted by Crippen LogP contribution is 2.30. The molecule has 2 heterocycles. The van der Waals surface area contributed by atoms with Crippen LogP contribution in [0.3, 0.4) is 0 Å². The third-order valence-electron chi connectivity index (χ3n) is 3.21. The first-order valence-electron chi connectivity index (χ1n) is 6.87. The Bertz CT molecular complexity index is 384. The van der Waals surface area contributed by atoms with E-state index < -0.39 is 5.79 Å². The van der Waals surface area contributed by atoms with Gasteiger partial charge >= 0.3 is 5.97 Å². The van der Waals surface area contributed by atoms with Gasteiger partial charge in [-0.3, -0.25) is 0 Å². The van der Waals surface area contributed by atoms with Gasteiger partial charge in [-0.1, -0.05) is 12.2 Å². The molecule has 4 nitrogen and oxygen atoms in total. The van der Waals surface area contributed by atoms with E-state index in [2.05, 4.69) is 6.08 Å². The van der Waals surface area contributed by atoms with Crippen LogP contribution in [0.5, 0.6) is 0 Å². The summed E-state index contributed by atoms with van der Waals surface area (Å²) in [5.41, 5.74) is 0. The predicted molar refractivity (Wildman–Crippen MR) is 71.5 cm³/mol. The third-order valence-corrected chi connectivity index (χ3v) is 3.21. The minimum atomic E-state index is -0.624. The van der Waals surface area contributed by atoms with Gasteiger partial charge < -0.3 is 14.2 Å². The van der Waals surface area contributed by atoms with Crippen molar-refractivity contribution in [3.8, 4) is 0 Å². The second kappa shape index (κ2) is 5.88. The third kappa shape index (κ3) is 4.18. The van der Waals surface area contributed by atoms with Gasteiger partial charge in [-0.2, -0.15) is 0 Å². The molecule has 0 spiro atoms. The van der Waals surface area contributed by atoms with Crippen molar-refractivity contribution in [2.24, 2.45) is 0 Å². The van der Waals surface area contributed by atoms with Crippen LogP contribution in [0.15, 0.2) is 24.3 Å². The fourth-order valence-corrected chi connectivity index (χ4v) is 2.34. The summed E-state index contributed by atoms with van der Waals surface area (Å²) in [6.07, 6.45) is 9.71. The zero-order valence-corrected chi connectivity index (χ0v) is 11.8. The molecule has 4 heteroatoms. The molecule has 106 valence electrons. The summed E-state index contributed by atoms with van der Waals surface area (Å²) in [5, 5.41) is 0. The van der Waals surface area contributed by atoms with Crippen LogP contribution in [-0.4, -0.2) is 30.1 Å². The molecular formula is C15H22O4. The first-order valence-corrected chi connectivity index (χ1v) is 6.87. The molecule has 0 aliphatic carbocycles. The largest absolute Gasteiger partial charge is 0.460 e. The van der Waals surface area contributed by atoms with Gasteiger partial charge in [-0.15, -0.1) is 0 Å². The molecule has 0 N–H and O–H groups in total. The number of rotatable bonds is 0. The maximum Gasteiger partial charge on any atom is 0.330 e. The lowest BCUT2D eigenvalue weighted by atomic mass is 10.1. The fourth-order valence-electron chi connectivity index (χ4n) is 2.34. The highest BCUT2D eigenvalue weighted by molar-refractivity contribution is 5.82. The maximum atomic E-state index is 11.6. The van der Waals surface area contributed by atoms with Crippen LogP contribution in [-0.2, 0) is 19.0 Å². The molecule has 0 aromatic heterocycles. The number of cyclic esters (lactones) is 1. The lowest BCUT2D eigenvalue weighted by molar-refractivity contribution is -0.143. The monoisotopic (exact) mass is 266 g/mol. The highest BCUT2D eigenvalue weighted by Gasteiger charge is 2.38. The SMILES string of the molecule is C[C@H]1CCC/C=C/[C@H]2OC(C)(C)O[C@H]2/C=C/C(=O)O1. The molecule has 1 fully saturated rings. The molecule has 2 aliphatic rings. The Kier molecular flexibility index (Phi) is 4.42. The zero-order valence-electron chi connectivity index (χ0n) is 11.8. The molecule has 2 aliphatic heterocycles. The lowest BCUT2D eigenvalue weighted by Gasteiger charge is -2.15. The van der Waals surface area contributed by atoms with Crippen molar-refractivity contribution in [2.75, 3.05) is 0 Å². The Hall–Kier alpha value is -1.13. The van der Waals surface area contributed by atoms with E-state index in [1.54, 1.807) is 6.08 Å². The summed E-state index contributed by atoms with van der Waals surface area (Å²) in [6, 6.07) is 0. The summed E-state index contributed by atoms with van der Waals surface area (Å²) in [4.78, 5) is 11.6. The first-order chi connectivity index (χ1) is 8.96. The van der Waals surface area contributed by atoms with Crippen LogP contribution < -0.4 is 0 Å². The molecule has 0 saturated carbocycles. The van der Waals surface area contributed by atoms with Crippen molar-refractivity contribution in [1.29, 1.82) is 0 Å². The molecule has 0 unspecified atom stereocenters. The van der Waals surface area contributed by atoms with E-state index in [1.807, 2.05) is 26.8 Å². The molecule has 19 heavy (non-hydrogen) atoms. The Morgan fingerprint density at radius 2 is 1.89 bits per heavy atom. The van der Waals surface area contributed by atoms with Crippen molar-refractivity contribution >= 4 is 5.97 Å². The van der Waals surface area contributed by atoms with Gasteiger partial charge in [0.2, 0.25) is 0 Å². The Morgan fingerprint density at radius 3 is 2.63 bits per heavy atom. The lowest BCUT2D eigenvalue weighted by Crippen LogP contribution is -2.21. The number of hydrogen-bond acceptors (Lipinski definition) is 4. The zero-order chi connectivity index (χ0) is 13.9. The van der Waals surface area contributed by atoms with Crippen molar-refractivity contribution in [2.45, 2.75) is 64.1 Å². The number of carbonyl (C=O) groups excluding carboxylic acids is 1. The minimum Gasteiger partial charge on any atom is -0.460 e. The van der Waals surface area contributed by atoms with Gasteiger partial charge in [0.25, 0.3) is 0 Å². The van der Waals surface area contributed by atoms with E-state index in [9.17, 15) is 4.79 Å². The molecule has 0 aromatic carbocycles. The van der Waals surface area contributed by atoms with Gasteiger partial charge in [-0.25, -0.2) is 4.79 Å². The number of allylic oxidation sites excluding steroid dienone is 1. The molecule has 3 atom stereocenters. The van der Waals surface area contributed by atoms with Crippen LogP contribution in [0.2, 0.25) is 0 Å². The van der Waals surface area contributed by atoms with E-state index in [0.29, 0.717) is 0 Å². The Labute approximate surface area is 114 Å². The summed E-state index contributed by atoms with van der Waals surface area (Å²) >= 11 is 0. The minimum absolute atomic E-state index is 0.0436. The fraction of sp³-hybridized carbons (Fsp3) is 0.667.